The molecule has 0 unspecified atom stereocenters. The molecule has 0 saturated carbocycles. The van der Waals surface area contributed by atoms with Crippen LogP contribution >= 0.6 is 0 Å². The van der Waals surface area contributed by atoms with Gasteiger partial charge in [0.05, 0.1) is 24.6 Å². The molecule has 0 amide bonds. The van der Waals surface area contributed by atoms with Crippen LogP contribution in [-0.4, -0.2) is 78.8 Å². The van der Waals surface area contributed by atoms with Crippen LogP contribution in [0.25, 0.3) is 0 Å². The molecule has 7 nitrogen and oxygen atoms in total. The molecule has 0 radical (unpaired) electrons. The highest BCUT2D eigenvalue weighted by Gasteiger charge is 2.15. The van der Waals surface area contributed by atoms with E-state index in [2.05, 4.69) is 44.7 Å². The lowest BCUT2D eigenvalue weighted by Crippen LogP contribution is -2.43. The van der Waals surface area contributed by atoms with Gasteiger partial charge in [-0.05, 0) is 24.3 Å². The Hall–Kier alpha value is -2.48. The normalized spacial score (nSPS) is 19.4. The van der Waals surface area contributed by atoms with Gasteiger partial charge in [-0.25, -0.2) is 0 Å². The standard InChI is InChI=1S/C24H34N4O3/c1-3-7-23-21(5-1)27-13-9-25-11-15-28(16-12-26-10-14-27)22-6-2-4-8-24(22)31-20-18-29-17-19-30-23/h1-8,25-26H,9-20H2. The lowest BCUT2D eigenvalue weighted by molar-refractivity contribution is 0.0766. The van der Waals surface area contributed by atoms with Crippen molar-refractivity contribution in [2.24, 2.45) is 0 Å². The molecule has 2 aromatic rings. The van der Waals surface area contributed by atoms with Crippen LogP contribution in [0.15, 0.2) is 48.5 Å². The van der Waals surface area contributed by atoms with Crippen LogP contribution in [0.4, 0.5) is 11.4 Å². The topological polar surface area (TPSA) is 58.2 Å². The van der Waals surface area contributed by atoms with E-state index in [-0.39, 0.29) is 0 Å². The maximum Gasteiger partial charge on any atom is 0.142 e. The summed E-state index contributed by atoms with van der Waals surface area (Å²) in [5.41, 5.74) is 2.28. The Morgan fingerprint density at radius 1 is 0.548 bits per heavy atom. The van der Waals surface area contributed by atoms with Gasteiger partial charge >= 0.3 is 0 Å². The lowest BCUT2D eigenvalue weighted by Gasteiger charge is -2.30. The minimum absolute atomic E-state index is 0.520. The number of ether oxygens (including phenoxy) is 3. The molecule has 3 heterocycles. The Morgan fingerprint density at radius 3 is 1.42 bits per heavy atom. The average molecular weight is 427 g/mol. The summed E-state index contributed by atoms with van der Waals surface area (Å²) in [5.74, 6) is 1.83. The molecule has 168 valence electrons. The second-order valence-electron chi connectivity index (χ2n) is 7.72. The van der Waals surface area contributed by atoms with E-state index in [9.17, 15) is 0 Å². The van der Waals surface area contributed by atoms with Gasteiger partial charge in [-0.15, -0.1) is 0 Å². The van der Waals surface area contributed by atoms with Gasteiger partial charge in [0.15, 0.2) is 0 Å². The molecule has 7 heteroatoms. The highest BCUT2D eigenvalue weighted by Crippen LogP contribution is 2.29. The molecule has 2 bridgehead atoms. The fraction of sp³-hybridized carbons (Fsp3) is 0.500. The third kappa shape index (κ3) is 6.26. The molecule has 1 fully saturated rings. The smallest absolute Gasteiger partial charge is 0.142 e. The van der Waals surface area contributed by atoms with Crippen molar-refractivity contribution in [1.29, 1.82) is 0 Å². The Bertz CT molecular complexity index is 726. The van der Waals surface area contributed by atoms with E-state index in [1.54, 1.807) is 0 Å². The molecule has 2 N–H and O–H groups in total. The number of anilines is 2. The van der Waals surface area contributed by atoms with Gasteiger partial charge in [-0.1, -0.05) is 24.3 Å². The summed E-state index contributed by atoms with van der Waals surface area (Å²) in [7, 11) is 0. The van der Waals surface area contributed by atoms with Gasteiger partial charge < -0.3 is 34.6 Å². The van der Waals surface area contributed by atoms with Crippen molar-refractivity contribution in [3.05, 3.63) is 48.5 Å². The molecular weight excluding hydrogens is 392 g/mol. The van der Waals surface area contributed by atoms with Gasteiger partial charge in [-0.2, -0.15) is 0 Å². The Balaban J connectivity index is 1.55. The maximum absolute atomic E-state index is 6.08. The van der Waals surface area contributed by atoms with E-state index in [1.165, 1.54) is 0 Å². The van der Waals surface area contributed by atoms with Crippen LogP contribution in [0, 0.1) is 0 Å². The van der Waals surface area contributed by atoms with Crippen LogP contribution in [0.2, 0.25) is 0 Å². The minimum Gasteiger partial charge on any atom is -0.489 e. The maximum atomic E-state index is 6.08. The van der Waals surface area contributed by atoms with Crippen molar-refractivity contribution in [3.63, 3.8) is 0 Å². The number of nitrogens with one attached hydrogen (secondary N) is 2. The third-order valence-corrected chi connectivity index (χ3v) is 5.62. The van der Waals surface area contributed by atoms with Crippen molar-refractivity contribution in [3.8, 4) is 11.5 Å². The van der Waals surface area contributed by atoms with Crippen molar-refractivity contribution in [2.75, 3.05) is 88.6 Å². The molecular formula is C24H34N4O3. The van der Waals surface area contributed by atoms with Gasteiger partial charge in [-0.3, -0.25) is 0 Å². The van der Waals surface area contributed by atoms with Crippen LogP contribution in [-0.2, 0) is 4.74 Å². The fourth-order valence-corrected chi connectivity index (χ4v) is 4.02. The predicted molar refractivity (Wildman–Crippen MR) is 125 cm³/mol. The largest absolute Gasteiger partial charge is 0.489 e. The zero-order valence-corrected chi connectivity index (χ0v) is 18.2. The second-order valence-corrected chi connectivity index (χ2v) is 7.72. The van der Waals surface area contributed by atoms with E-state index in [0.717, 1.165) is 75.2 Å². The van der Waals surface area contributed by atoms with Crippen LogP contribution < -0.4 is 29.9 Å². The third-order valence-electron chi connectivity index (χ3n) is 5.62. The first-order valence-electron chi connectivity index (χ1n) is 11.3. The monoisotopic (exact) mass is 426 g/mol. The second kappa shape index (κ2) is 11.8. The molecule has 5 rings (SSSR count). The number of nitrogens with zero attached hydrogens (tertiary/aromatic N) is 2. The number of hydrogen-bond acceptors (Lipinski definition) is 7. The molecule has 0 spiro atoms. The van der Waals surface area contributed by atoms with Crippen LogP contribution in [0.1, 0.15) is 0 Å². The molecule has 31 heavy (non-hydrogen) atoms. The quantitative estimate of drug-likeness (QED) is 0.625. The number of para-hydroxylation sites is 4. The van der Waals surface area contributed by atoms with E-state index in [4.69, 9.17) is 14.2 Å². The first kappa shape index (κ1) is 21.7. The zero-order valence-electron chi connectivity index (χ0n) is 18.2. The summed E-state index contributed by atoms with van der Waals surface area (Å²) in [4.78, 5) is 4.81. The number of hydrogen-bond donors (Lipinski definition) is 2. The predicted octanol–water partition coefficient (Wildman–Crippen LogP) is 1.98. The number of fused-ring (bicyclic) bond motifs is 14. The van der Waals surface area contributed by atoms with Gasteiger partial charge in [0.25, 0.3) is 0 Å². The first-order valence-corrected chi connectivity index (χ1v) is 11.3. The van der Waals surface area contributed by atoms with E-state index >= 15 is 0 Å². The van der Waals surface area contributed by atoms with Gasteiger partial charge in [0, 0.05) is 52.4 Å². The summed E-state index contributed by atoms with van der Waals surface area (Å²) in [5, 5.41) is 7.25. The summed E-state index contributed by atoms with van der Waals surface area (Å²) in [6, 6.07) is 16.6. The molecule has 0 aromatic heterocycles. The number of benzene rings is 2. The zero-order chi connectivity index (χ0) is 21.1. The summed E-state index contributed by atoms with van der Waals surface area (Å²) >= 11 is 0. The molecule has 3 aliphatic rings. The Morgan fingerprint density at radius 2 is 0.968 bits per heavy atom. The molecule has 1 saturated heterocycles. The van der Waals surface area contributed by atoms with Gasteiger partial charge in [0.2, 0.25) is 0 Å². The van der Waals surface area contributed by atoms with Crippen LogP contribution in [0.5, 0.6) is 11.5 Å². The van der Waals surface area contributed by atoms with Crippen molar-refractivity contribution in [2.45, 2.75) is 0 Å². The van der Waals surface area contributed by atoms with Gasteiger partial charge in [0.1, 0.15) is 24.7 Å². The van der Waals surface area contributed by atoms with Crippen molar-refractivity contribution < 1.29 is 14.2 Å². The van der Waals surface area contributed by atoms with E-state index in [1.807, 2.05) is 24.3 Å². The molecule has 2 aromatic carbocycles. The summed E-state index contributed by atoms with van der Waals surface area (Å²) in [6.45, 7) is 9.51. The van der Waals surface area contributed by atoms with Crippen LogP contribution in [0.3, 0.4) is 0 Å². The Kier molecular flexibility index (Phi) is 8.27. The first-order chi connectivity index (χ1) is 15.4. The minimum atomic E-state index is 0.520. The summed E-state index contributed by atoms with van der Waals surface area (Å²) in [6.07, 6.45) is 0. The average Bonchev–Trinajstić information content (AvgIpc) is 2.79. The molecule has 3 aliphatic heterocycles. The fourth-order valence-electron chi connectivity index (χ4n) is 4.02. The van der Waals surface area contributed by atoms with Crippen molar-refractivity contribution >= 4 is 11.4 Å². The number of rotatable bonds is 0. The SMILES string of the molecule is c1ccc2c(c1)OCCOCCOc1ccccc1N1CCNCCN2CCNCC1. The highest BCUT2D eigenvalue weighted by molar-refractivity contribution is 5.59. The molecule has 0 aliphatic carbocycles. The summed E-state index contributed by atoms with van der Waals surface area (Å²) < 4.78 is 17.9. The molecule has 0 atom stereocenters. The van der Waals surface area contributed by atoms with E-state index in [0.29, 0.717) is 26.4 Å². The van der Waals surface area contributed by atoms with E-state index < -0.39 is 0 Å². The lowest BCUT2D eigenvalue weighted by atomic mass is 10.2. The highest BCUT2D eigenvalue weighted by atomic mass is 16.5. The Labute approximate surface area is 185 Å². The van der Waals surface area contributed by atoms with Crippen molar-refractivity contribution in [1.82, 2.24) is 10.6 Å².